The molecule has 0 saturated carbocycles. The predicted molar refractivity (Wildman–Crippen MR) is 117 cm³/mol. The molecular formula is C22H21NO6S2. The van der Waals surface area contributed by atoms with Gasteiger partial charge in [0.2, 0.25) is 21.5 Å². The van der Waals surface area contributed by atoms with Gasteiger partial charge in [0.05, 0.1) is 24.8 Å². The summed E-state index contributed by atoms with van der Waals surface area (Å²) in [5.74, 6) is -0.402. The number of thiophene rings is 1. The smallest absolute Gasteiger partial charge is 0.225 e. The maximum atomic E-state index is 13.3. The Bertz CT molecular complexity index is 1240. The quantitative estimate of drug-likeness (QED) is 0.596. The second-order valence-electron chi connectivity index (χ2n) is 7.23. The van der Waals surface area contributed by atoms with Crippen LogP contribution in [0.3, 0.4) is 0 Å². The lowest BCUT2D eigenvalue weighted by Gasteiger charge is -2.24. The Morgan fingerprint density at radius 1 is 1.10 bits per heavy atom. The first-order chi connectivity index (χ1) is 14.8. The number of anilines is 1. The van der Waals surface area contributed by atoms with Gasteiger partial charge in [-0.2, -0.15) is 0 Å². The number of amides is 1. The first kappa shape index (κ1) is 21.2. The Morgan fingerprint density at radius 3 is 2.29 bits per heavy atom. The van der Waals surface area contributed by atoms with Crippen molar-refractivity contribution < 1.29 is 27.8 Å². The number of carbonyl (C=O) groups is 1. The lowest BCUT2D eigenvalue weighted by atomic mass is 9.90. The van der Waals surface area contributed by atoms with Crippen LogP contribution in [0.2, 0.25) is 0 Å². The normalized spacial score (nSPS) is 15.8. The van der Waals surface area contributed by atoms with Gasteiger partial charge in [-0.3, -0.25) is 4.79 Å². The van der Waals surface area contributed by atoms with E-state index in [1.165, 1.54) is 25.6 Å². The van der Waals surface area contributed by atoms with Crippen molar-refractivity contribution in [3.63, 3.8) is 0 Å². The number of benzene rings is 2. The van der Waals surface area contributed by atoms with Crippen molar-refractivity contribution >= 4 is 32.8 Å². The number of hydrogen-bond donors (Lipinski definition) is 2. The number of rotatable bonds is 5. The van der Waals surface area contributed by atoms with Crippen LogP contribution in [-0.2, 0) is 14.6 Å². The number of aryl methyl sites for hydroxylation is 1. The zero-order valence-electron chi connectivity index (χ0n) is 17.1. The zero-order valence-corrected chi connectivity index (χ0v) is 18.8. The minimum absolute atomic E-state index is 0.0760. The van der Waals surface area contributed by atoms with Crippen molar-refractivity contribution in [2.24, 2.45) is 0 Å². The van der Waals surface area contributed by atoms with E-state index in [1.807, 2.05) is 6.92 Å². The first-order valence-corrected chi connectivity index (χ1v) is 11.8. The molecule has 0 spiro atoms. The maximum absolute atomic E-state index is 13.3. The molecule has 0 aliphatic carbocycles. The van der Waals surface area contributed by atoms with Crippen LogP contribution < -0.4 is 14.8 Å². The van der Waals surface area contributed by atoms with Gasteiger partial charge < -0.3 is 19.9 Å². The number of methoxy groups -OCH3 is 2. The lowest BCUT2D eigenvalue weighted by Crippen LogP contribution is -2.23. The highest BCUT2D eigenvalue weighted by molar-refractivity contribution is 7.91. The van der Waals surface area contributed by atoms with Gasteiger partial charge in [0.1, 0.15) is 4.90 Å². The molecule has 2 heterocycles. The molecule has 1 amide bonds. The van der Waals surface area contributed by atoms with E-state index in [0.717, 1.165) is 10.4 Å². The molecule has 7 nitrogen and oxygen atoms in total. The van der Waals surface area contributed by atoms with Crippen molar-refractivity contribution in [2.45, 2.75) is 29.1 Å². The molecule has 162 valence electrons. The van der Waals surface area contributed by atoms with E-state index in [-0.39, 0.29) is 39.4 Å². The van der Waals surface area contributed by atoms with E-state index >= 15 is 0 Å². The molecule has 31 heavy (non-hydrogen) atoms. The number of fused-ring (bicyclic) bond motifs is 1. The van der Waals surface area contributed by atoms with Gasteiger partial charge >= 0.3 is 0 Å². The summed E-state index contributed by atoms with van der Waals surface area (Å²) >= 11 is 1.27. The van der Waals surface area contributed by atoms with Crippen molar-refractivity contribution in [1.82, 2.24) is 0 Å². The highest BCUT2D eigenvalue weighted by Gasteiger charge is 2.35. The summed E-state index contributed by atoms with van der Waals surface area (Å²) in [6.45, 7) is 1.88. The van der Waals surface area contributed by atoms with E-state index in [4.69, 9.17) is 9.47 Å². The molecule has 2 aromatic carbocycles. The highest BCUT2D eigenvalue weighted by atomic mass is 32.2. The van der Waals surface area contributed by atoms with Gasteiger partial charge in [0, 0.05) is 22.6 Å². The van der Waals surface area contributed by atoms with Gasteiger partial charge in [0.15, 0.2) is 11.5 Å². The molecule has 1 unspecified atom stereocenters. The van der Waals surface area contributed by atoms with E-state index in [9.17, 15) is 18.3 Å². The number of phenolic OH excluding ortho intramolecular Hbond substituents is 1. The van der Waals surface area contributed by atoms with Gasteiger partial charge in [-0.1, -0.05) is 17.7 Å². The molecular weight excluding hydrogens is 438 g/mol. The third-order valence-corrected chi connectivity index (χ3v) is 8.32. The Labute approximate surface area is 184 Å². The van der Waals surface area contributed by atoms with Crippen LogP contribution in [0.25, 0.3) is 0 Å². The number of ether oxygens (including phenoxy) is 2. The van der Waals surface area contributed by atoms with Crippen LogP contribution in [0.15, 0.2) is 51.6 Å². The van der Waals surface area contributed by atoms with Crippen molar-refractivity contribution in [2.75, 3.05) is 19.5 Å². The fraction of sp³-hybridized carbons (Fsp3) is 0.227. The van der Waals surface area contributed by atoms with Crippen LogP contribution in [0.4, 0.5) is 5.69 Å². The number of phenols is 1. The molecule has 1 atom stereocenters. The second kappa shape index (κ2) is 7.90. The minimum Gasteiger partial charge on any atom is -0.502 e. The van der Waals surface area contributed by atoms with Crippen LogP contribution in [0.1, 0.15) is 28.3 Å². The third kappa shape index (κ3) is 3.64. The number of nitrogens with one attached hydrogen (secondary N) is 1. The Kier molecular flexibility index (Phi) is 5.40. The van der Waals surface area contributed by atoms with Gasteiger partial charge in [-0.15, -0.1) is 11.3 Å². The summed E-state index contributed by atoms with van der Waals surface area (Å²) in [5.41, 5.74) is 1.94. The summed E-state index contributed by atoms with van der Waals surface area (Å²) < 4.78 is 37.0. The minimum atomic E-state index is -3.81. The average molecular weight is 460 g/mol. The Balaban J connectivity index is 1.84. The standard InChI is InChI=1S/C22H21NO6S2/c1-12-4-6-14(7-5-12)31(26,27)18-11-30-22-15(10-19(24)23-20(18)22)13-8-16(28-2)21(25)17(9-13)29-3/h4-9,11,15,25H,10H2,1-3H3,(H,23,24). The average Bonchev–Trinajstić information content (AvgIpc) is 3.18. The SMILES string of the molecule is COc1cc(C2CC(=O)Nc3c(S(=O)(=O)c4ccc(C)cc4)csc32)cc(OC)c1O. The van der Waals surface area contributed by atoms with Crippen LogP contribution in [0.5, 0.6) is 17.2 Å². The molecule has 0 radical (unpaired) electrons. The van der Waals surface area contributed by atoms with Gasteiger partial charge in [0.25, 0.3) is 0 Å². The third-order valence-electron chi connectivity index (χ3n) is 5.28. The molecule has 0 bridgehead atoms. The molecule has 3 aromatic rings. The first-order valence-electron chi connectivity index (χ1n) is 9.44. The number of carbonyl (C=O) groups excluding carboxylic acids is 1. The van der Waals surface area contributed by atoms with E-state index in [2.05, 4.69) is 5.32 Å². The molecule has 0 fully saturated rings. The number of sulfone groups is 1. The molecule has 0 saturated heterocycles. The topological polar surface area (TPSA) is 102 Å². The van der Waals surface area contributed by atoms with E-state index in [1.54, 1.807) is 41.8 Å². The molecule has 1 aliphatic heterocycles. The summed E-state index contributed by atoms with van der Waals surface area (Å²) in [4.78, 5) is 13.5. The molecule has 2 N–H and O–H groups in total. The lowest BCUT2D eigenvalue weighted by molar-refractivity contribution is -0.116. The van der Waals surface area contributed by atoms with Crippen molar-refractivity contribution in [1.29, 1.82) is 0 Å². The molecule has 1 aromatic heterocycles. The Hall–Kier alpha value is -3.04. The van der Waals surface area contributed by atoms with E-state index in [0.29, 0.717) is 11.3 Å². The zero-order chi connectivity index (χ0) is 22.3. The molecule has 1 aliphatic rings. The second-order valence-corrected chi connectivity index (χ2v) is 10.1. The Morgan fingerprint density at radius 2 is 1.71 bits per heavy atom. The summed E-state index contributed by atoms with van der Waals surface area (Å²) in [5, 5.41) is 14.5. The monoisotopic (exact) mass is 459 g/mol. The highest BCUT2D eigenvalue weighted by Crippen LogP contribution is 2.48. The number of aromatic hydroxyl groups is 1. The fourth-order valence-corrected chi connectivity index (χ4v) is 6.54. The fourth-order valence-electron chi connectivity index (χ4n) is 3.63. The van der Waals surface area contributed by atoms with Gasteiger partial charge in [-0.05, 0) is 36.8 Å². The van der Waals surface area contributed by atoms with Crippen LogP contribution in [0, 0.1) is 6.92 Å². The number of hydrogen-bond acceptors (Lipinski definition) is 7. The van der Waals surface area contributed by atoms with Crippen LogP contribution in [-0.4, -0.2) is 33.7 Å². The van der Waals surface area contributed by atoms with E-state index < -0.39 is 15.8 Å². The largest absolute Gasteiger partial charge is 0.502 e. The van der Waals surface area contributed by atoms with Crippen LogP contribution >= 0.6 is 11.3 Å². The maximum Gasteiger partial charge on any atom is 0.225 e. The van der Waals surface area contributed by atoms with Crippen molar-refractivity contribution in [3.05, 3.63) is 57.8 Å². The predicted octanol–water partition coefficient (Wildman–Crippen LogP) is 4.09. The van der Waals surface area contributed by atoms with Gasteiger partial charge in [-0.25, -0.2) is 8.42 Å². The summed E-state index contributed by atoms with van der Waals surface area (Å²) in [7, 11) is -0.958. The molecule has 9 heteroatoms. The molecule has 4 rings (SSSR count). The summed E-state index contributed by atoms with van der Waals surface area (Å²) in [6, 6.07) is 9.88. The summed E-state index contributed by atoms with van der Waals surface area (Å²) in [6.07, 6.45) is 0.134. The van der Waals surface area contributed by atoms with Crippen molar-refractivity contribution in [3.8, 4) is 17.2 Å².